The van der Waals surface area contributed by atoms with E-state index in [-0.39, 0.29) is 260 Å². The Morgan fingerprint density at radius 1 is 0.308 bits per heavy atom. The van der Waals surface area contributed by atoms with Crippen LogP contribution < -0.4 is 58.7 Å². The number of phosphoric acid groups is 4. The van der Waals surface area contributed by atoms with Gasteiger partial charge in [-0.2, -0.15) is 31.3 Å². The normalized spacial score (nSPS) is 9.08. The van der Waals surface area contributed by atoms with Crippen molar-refractivity contribution in [3.8, 4) is 0 Å². The minimum absolute atomic E-state index is 0. The molecule has 0 fully saturated rings. The number of rotatable bonds is 0. The predicted molar refractivity (Wildman–Crippen MR) is 64.9 cm³/mol. The van der Waals surface area contributed by atoms with Crippen LogP contribution in [0.3, 0.4) is 0 Å². The van der Waals surface area contributed by atoms with Gasteiger partial charge in [0, 0.05) is 0 Å². The molecule has 0 atom stereocenters. The summed E-state index contributed by atoms with van der Waals surface area (Å²) in [6.07, 6.45) is 0. The summed E-state index contributed by atoms with van der Waals surface area (Å²) in [6, 6.07) is 0. The second kappa shape index (κ2) is 33.9. The summed E-state index contributed by atoms with van der Waals surface area (Å²) in [4.78, 5) is 103. The largest absolute Gasteiger partial charge is 2.00 e. The van der Waals surface area contributed by atoms with Crippen molar-refractivity contribution in [2.24, 2.45) is 0 Å². The minimum atomic E-state index is -5.39. The van der Waals surface area contributed by atoms with Gasteiger partial charge in [0.05, 0.1) is 0 Å². The molecule has 0 aromatic carbocycles. The van der Waals surface area contributed by atoms with Crippen LogP contribution in [0.1, 0.15) is 0 Å². The van der Waals surface area contributed by atoms with Gasteiger partial charge in [-0.15, -0.1) is 0 Å². The molecule has 0 amide bonds. The van der Waals surface area contributed by atoms with Crippen LogP contribution in [-0.4, -0.2) is 260 Å². The van der Waals surface area contributed by atoms with Gasteiger partial charge in [0.1, 0.15) is 0 Å². The smallest absolute Gasteiger partial charge is 0.822 e. The second-order valence-corrected chi connectivity index (χ2v) is 5.37. The van der Waals surface area contributed by atoms with Gasteiger partial charge in [0.2, 0.25) is 0 Å². The number of hydrogen-bond donors (Lipinski definition) is 0. The molecule has 0 aliphatic rings. The Bertz CT molecular complexity index is 305. The average Bonchev–Trinajstić information content (AvgIpc) is 1.62. The SMILES string of the molecule is O=P([O-])([O-])[O-].O=P([O-])([O-])[O-].O=P([O-])([O-])[O-].O=P([O-])([O-])[O-].[Ba+2].[Ba+2].[Ba+2].[Ca+2].[Ca+2].[Ca+2]. The zero-order valence-corrected chi connectivity index (χ0v) is 36.1. The first-order chi connectivity index (χ1) is 8.00. The molecule has 0 radical (unpaired) electrons. The van der Waals surface area contributed by atoms with Crippen LogP contribution in [0.25, 0.3) is 0 Å². The molecule has 0 saturated heterocycles. The summed E-state index contributed by atoms with van der Waals surface area (Å²) in [6.45, 7) is 0. The Balaban J connectivity index is -0.0000000152. The Hall–Kier alpha value is 8.93. The molecule has 128 valence electrons. The van der Waals surface area contributed by atoms with Crippen molar-refractivity contribution < 1.29 is 77.0 Å². The fraction of sp³-hybridized carbons (Fsp3) is 0. The molecule has 0 rings (SSSR count). The molecule has 0 spiro atoms. The van der Waals surface area contributed by atoms with Crippen molar-refractivity contribution in [2.45, 2.75) is 0 Å². The summed E-state index contributed by atoms with van der Waals surface area (Å²) in [7, 11) is -21.6. The fourth-order valence-electron chi connectivity index (χ4n) is 0. The van der Waals surface area contributed by atoms with E-state index < -0.39 is 31.3 Å². The summed E-state index contributed by atoms with van der Waals surface area (Å²) in [5.74, 6) is 0. The van der Waals surface area contributed by atoms with Gasteiger partial charge >= 0.3 is 260 Å². The Morgan fingerprint density at radius 3 is 0.308 bits per heavy atom. The van der Waals surface area contributed by atoms with Gasteiger partial charge in [-0.1, -0.05) is 0 Å². The third kappa shape index (κ3) is 421. The van der Waals surface area contributed by atoms with Crippen molar-refractivity contribution in [3.05, 3.63) is 0 Å². The van der Waals surface area contributed by atoms with Gasteiger partial charge in [-0.3, -0.25) is 0 Å². The second-order valence-electron chi connectivity index (χ2n) is 1.79. The molecule has 0 aliphatic carbocycles. The van der Waals surface area contributed by atoms with Crippen molar-refractivity contribution in [1.82, 2.24) is 0 Å². The summed E-state index contributed by atoms with van der Waals surface area (Å²) in [5.41, 5.74) is 0. The molecule has 0 aromatic rings. The van der Waals surface area contributed by atoms with Gasteiger partial charge in [0.15, 0.2) is 0 Å². The molecule has 0 saturated carbocycles. The zero-order valence-electron chi connectivity index (χ0n) is 12.6. The van der Waals surface area contributed by atoms with Crippen molar-refractivity contribution in [2.75, 3.05) is 0 Å². The van der Waals surface area contributed by atoms with Gasteiger partial charge in [-0.05, 0) is 0 Å². The fourth-order valence-corrected chi connectivity index (χ4v) is 0. The maximum absolute atomic E-state index is 8.55. The third-order valence-electron chi connectivity index (χ3n) is 0. The monoisotopic (exact) mass is 913 g/mol. The molecule has 26 heteroatoms. The summed E-state index contributed by atoms with van der Waals surface area (Å²) in [5, 5.41) is 0. The molecule has 0 aliphatic heterocycles. The summed E-state index contributed by atoms with van der Waals surface area (Å²) < 4.78 is 34.2. The van der Waals surface area contributed by atoms with Crippen molar-refractivity contribution >= 4 is 291 Å². The molecule has 0 unspecified atom stereocenters. The molecular weight excluding hydrogens is 912 g/mol. The van der Waals surface area contributed by atoms with E-state index in [1.165, 1.54) is 0 Å². The molecule has 26 heavy (non-hydrogen) atoms. The Kier molecular flexibility index (Phi) is 84.4. The van der Waals surface area contributed by atoms with Crippen molar-refractivity contribution in [1.29, 1.82) is 0 Å². The Morgan fingerprint density at radius 2 is 0.308 bits per heavy atom. The van der Waals surface area contributed by atoms with E-state index in [1.54, 1.807) is 0 Å². The molecular formula is Ba3Ca3O16P4. The minimum Gasteiger partial charge on any atom is -0.822 e. The maximum atomic E-state index is 8.55. The van der Waals surface area contributed by atoms with E-state index in [2.05, 4.69) is 0 Å². The quantitative estimate of drug-likeness (QED) is 0.161. The van der Waals surface area contributed by atoms with Crippen LogP contribution in [-0.2, 0) is 18.3 Å². The summed E-state index contributed by atoms with van der Waals surface area (Å²) >= 11 is 0. The Labute approximate surface area is 357 Å². The van der Waals surface area contributed by atoms with E-state index in [0.29, 0.717) is 0 Å². The van der Waals surface area contributed by atoms with Crippen LogP contribution in [0.15, 0.2) is 0 Å². The van der Waals surface area contributed by atoms with E-state index >= 15 is 0 Å². The van der Waals surface area contributed by atoms with Gasteiger partial charge < -0.3 is 77.0 Å². The van der Waals surface area contributed by atoms with Crippen LogP contribution in [0.5, 0.6) is 0 Å². The number of hydrogen-bond acceptors (Lipinski definition) is 16. The van der Waals surface area contributed by atoms with Crippen LogP contribution >= 0.6 is 31.3 Å². The maximum Gasteiger partial charge on any atom is 2.00 e. The van der Waals surface area contributed by atoms with Gasteiger partial charge in [0.25, 0.3) is 0 Å². The molecule has 16 nitrogen and oxygen atoms in total. The van der Waals surface area contributed by atoms with Crippen LogP contribution in [0, 0.1) is 0 Å². The molecule has 0 heterocycles. The van der Waals surface area contributed by atoms with Crippen LogP contribution in [0.2, 0.25) is 0 Å². The standard InChI is InChI=1S/3Ba.3Ca.4H3O4P/c;;;;;;4*1-5(2,3)4/h;;;;;;4*(H3,1,2,3,4)/q6*+2;;;;/p-12. The van der Waals surface area contributed by atoms with E-state index in [9.17, 15) is 0 Å². The first-order valence-corrected chi connectivity index (χ1v) is 8.76. The van der Waals surface area contributed by atoms with E-state index in [0.717, 1.165) is 0 Å². The van der Waals surface area contributed by atoms with E-state index in [4.69, 9.17) is 77.0 Å². The molecule has 0 N–H and O–H groups in total. The first kappa shape index (κ1) is 64.7. The van der Waals surface area contributed by atoms with Gasteiger partial charge in [-0.25, -0.2) is 0 Å². The predicted octanol–water partition coefficient (Wildman–Crippen LogP) is -13.6. The average molecular weight is 912 g/mol. The van der Waals surface area contributed by atoms with E-state index in [1.807, 2.05) is 0 Å². The van der Waals surface area contributed by atoms with Crippen molar-refractivity contribution in [3.63, 3.8) is 0 Å². The van der Waals surface area contributed by atoms with Crippen LogP contribution in [0.4, 0.5) is 0 Å². The molecule has 0 aromatic heterocycles. The first-order valence-electron chi connectivity index (χ1n) is 2.92. The molecule has 0 bridgehead atoms. The topological polar surface area (TPSA) is 345 Å². The third-order valence-corrected chi connectivity index (χ3v) is 0. The zero-order chi connectivity index (χ0) is 18.0.